The van der Waals surface area contributed by atoms with E-state index in [-0.39, 0.29) is 5.91 Å². The van der Waals surface area contributed by atoms with E-state index in [1.54, 1.807) is 0 Å². The summed E-state index contributed by atoms with van der Waals surface area (Å²) in [6.07, 6.45) is 0.783. The first-order valence-corrected chi connectivity index (χ1v) is 7.27. The lowest BCUT2D eigenvalue weighted by Gasteiger charge is -2.23. The third-order valence-electron chi connectivity index (χ3n) is 3.55. The predicted octanol–water partition coefficient (Wildman–Crippen LogP) is 3.30. The number of hydrogen-bond acceptors (Lipinski definition) is 2. The molecule has 0 aliphatic rings. The second kappa shape index (κ2) is 7.04. The molecule has 0 spiro atoms. The minimum Gasteiger partial charge on any atom is -0.330 e. The molecule has 21 heavy (non-hydrogen) atoms. The Bertz CT molecular complexity index is 605. The van der Waals surface area contributed by atoms with Gasteiger partial charge in [0.1, 0.15) is 0 Å². The molecule has 0 heterocycles. The molecule has 0 saturated carbocycles. The highest BCUT2D eigenvalue weighted by molar-refractivity contribution is 6.07. The van der Waals surface area contributed by atoms with Gasteiger partial charge in [0.15, 0.2) is 0 Å². The number of carbonyl (C=O) groups excluding carboxylic acids is 1. The van der Waals surface area contributed by atoms with Gasteiger partial charge in [-0.15, -0.1) is 0 Å². The van der Waals surface area contributed by atoms with Gasteiger partial charge in [-0.1, -0.05) is 35.9 Å². The van der Waals surface area contributed by atoms with Crippen LogP contribution >= 0.6 is 0 Å². The van der Waals surface area contributed by atoms with Crippen molar-refractivity contribution < 1.29 is 4.79 Å². The van der Waals surface area contributed by atoms with Crippen LogP contribution in [0.1, 0.15) is 27.9 Å². The van der Waals surface area contributed by atoms with Crippen LogP contribution in [0.2, 0.25) is 0 Å². The summed E-state index contributed by atoms with van der Waals surface area (Å²) in [5.41, 5.74) is 9.45. The molecule has 0 aliphatic carbocycles. The number of carbonyl (C=O) groups is 1. The van der Waals surface area contributed by atoms with Gasteiger partial charge in [-0.2, -0.15) is 0 Å². The molecule has 2 rings (SSSR count). The van der Waals surface area contributed by atoms with Crippen molar-refractivity contribution in [2.75, 3.05) is 18.0 Å². The first-order chi connectivity index (χ1) is 10.1. The molecule has 2 N–H and O–H groups in total. The third kappa shape index (κ3) is 3.70. The van der Waals surface area contributed by atoms with Crippen LogP contribution in [0.15, 0.2) is 48.5 Å². The quantitative estimate of drug-likeness (QED) is 0.914. The summed E-state index contributed by atoms with van der Waals surface area (Å²) in [6, 6.07) is 15.7. The van der Waals surface area contributed by atoms with Crippen LogP contribution in [-0.2, 0) is 0 Å². The van der Waals surface area contributed by atoms with Gasteiger partial charge in [-0.3, -0.25) is 4.79 Å². The van der Waals surface area contributed by atoms with Gasteiger partial charge in [0.2, 0.25) is 0 Å². The average Bonchev–Trinajstić information content (AvgIpc) is 2.49. The van der Waals surface area contributed by atoms with E-state index < -0.39 is 0 Å². The highest BCUT2D eigenvalue weighted by atomic mass is 16.2. The zero-order valence-corrected chi connectivity index (χ0v) is 12.7. The number of rotatable bonds is 5. The molecule has 3 nitrogen and oxygen atoms in total. The highest BCUT2D eigenvalue weighted by Crippen LogP contribution is 2.20. The minimum absolute atomic E-state index is 0.0328. The standard InChI is InChI=1S/C18H22N2O/c1-14-8-10-16(11-9-14)20(13-5-12-19)18(21)17-7-4-3-6-15(17)2/h3-4,6-11H,5,12-13,19H2,1-2H3. The second-order valence-electron chi connectivity index (χ2n) is 5.25. The summed E-state index contributed by atoms with van der Waals surface area (Å²) in [5.74, 6) is 0.0328. The van der Waals surface area contributed by atoms with Crippen molar-refractivity contribution in [3.8, 4) is 0 Å². The van der Waals surface area contributed by atoms with Gasteiger partial charge in [0, 0.05) is 17.8 Å². The number of nitrogens with two attached hydrogens (primary N) is 1. The molecule has 0 radical (unpaired) electrons. The van der Waals surface area contributed by atoms with Gasteiger partial charge in [-0.25, -0.2) is 0 Å². The summed E-state index contributed by atoms with van der Waals surface area (Å²) in [4.78, 5) is 14.7. The molecule has 0 aromatic heterocycles. The van der Waals surface area contributed by atoms with Crippen LogP contribution in [0.5, 0.6) is 0 Å². The molecule has 0 aliphatic heterocycles. The molecule has 0 bridgehead atoms. The molecule has 2 aromatic rings. The van der Waals surface area contributed by atoms with E-state index in [0.717, 1.165) is 23.2 Å². The maximum atomic E-state index is 12.8. The highest BCUT2D eigenvalue weighted by Gasteiger charge is 2.18. The van der Waals surface area contributed by atoms with Crippen LogP contribution in [0.4, 0.5) is 5.69 Å². The Morgan fingerprint density at radius 2 is 1.71 bits per heavy atom. The molecule has 1 amide bonds. The summed E-state index contributed by atoms with van der Waals surface area (Å²) >= 11 is 0. The average molecular weight is 282 g/mol. The van der Waals surface area contributed by atoms with E-state index in [4.69, 9.17) is 5.73 Å². The number of benzene rings is 2. The topological polar surface area (TPSA) is 46.3 Å². The maximum absolute atomic E-state index is 12.8. The van der Waals surface area contributed by atoms with E-state index in [2.05, 4.69) is 0 Å². The lowest BCUT2D eigenvalue weighted by Crippen LogP contribution is -2.33. The number of aryl methyl sites for hydroxylation is 2. The van der Waals surface area contributed by atoms with Gasteiger partial charge in [0.05, 0.1) is 0 Å². The molecular formula is C18H22N2O. The molecule has 3 heteroatoms. The SMILES string of the molecule is Cc1ccc(N(CCCN)C(=O)c2ccccc2C)cc1. The molecule has 0 unspecified atom stereocenters. The van der Waals surface area contributed by atoms with Crippen LogP contribution in [-0.4, -0.2) is 19.0 Å². The van der Waals surface area contributed by atoms with Crippen LogP contribution in [0.3, 0.4) is 0 Å². The Morgan fingerprint density at radius 1 is 1.05 bits per heavy atom. The Morgan fingerprint density at radius 3 is 2.33 bits per heavy atom. The van der Waals surface area contributed by atoms with Crippen molar-refractivity contribution in [1.29, 1.82) is 0 Å². The molecule has 0 fully saturated rings. The lowest BCUT2D eigenvalue weighted by atomic mass is 10.1. The van der Waals surface area contributed by atoms with Gasteiger partial charge in [-0.05, 0) is 50.6 Å². The molecule has 0 saturated heterocycles. The Hall–Kier alpha value is -2.13. The van der Waals surface area contributed by atoms with Crippen molar-refractivity contribution in [3.05, 3.63) is 65.2 Å². The smallest absolute Gasteiger partial charge is 0.258 e. The van der Waals surface area contributed by atoms with Gasteiger partial charge < -0.3 is 10.6 Å². The summed E-state index contributed by atoms with van der Waals surface area (Å²) < 4.78 is 0. The number of nitrogens with zero attached hydrogens (tertiary/aromatic N) is 1. The molecule has 0 atom stereocenters. The maximum Gasteiger partial charge on any atom is 0.258 e. The largest absolute Gasteiger partial charge is 0.330 e. The summed E-state index contributed by atoms with van der Waals surface area (Å²) in [7, 11) is 0. The zero-order chi connectivity index (χ0) is 15.2. The van der Waals surface area contributed by atoms with Crippen molar-refractivity contribution in [1.82, 2.24) is 0 Å². The van der Waals surface area contributed by atoms with Crippen molar-refractivity contribution in [2.45, 2.75) is 20.3 Å². The van der Waals surface area contributed by atoms with E-state index in [1.807, 2.05) is 67.3 Å². The number of anilines is 1. The third-order valence-corrected chi connectivity index (χ3v) is 3.55. The fourth-order valence-electron chi connectivity index (χ4n) is 2.28. The molecule has 110 valence electrons. The van der Waals surface area contributed by atoms with Crippen molar-refractivity contribution in [2.24, 2.45) is 5.73 Å². The van der Waals surface area contributed by atoms with Crippen LogP contribution in [0, 0.1) is 13.8 Å². The van der Waals surface area contributed by atoms with E-state index in [1.165, 1.54) is 5.56 Å². The van der Waals surface area contributed by atoms with Crippen molar-refractivity contribution in [3.63, 3.8) is 0 Å². The summed E-state index contributed by atoms with van der Waals surface area (Å²) in [6.45, 7) is 5.21. The number of amides is 1. The first-order valence-electron chi connectivity index (χ1n) is 7.27. The minimum atomic E-state index is 0.0328. The van der Waals surface area contributed by atoms with E-state index >= 15 is 0 Å². The van der Waals surface area contributed by atoms with Gasteiger partial charge in [0.25, 0.3) is 5.91 Å². The lowest BCUT2D eigenvalue weighted by molar-refractivity contribution is 0.0986. The fourth-order valence-corrected chi connectivity index (χ4v) is 2.28. The van der Waals surface area contributed by atoms with Crippen molar-refractivity contribution >= 4 is 11.6 Å². The molecular weight excluding hydrogens is 260 g/mol. The first kappa shape index (κ1) is 15.3. The Kier molecular flexibility index (Phi) is 5.12. The second-order valence-corrected chi connectivity index (χ2v) is 5.25. The Balaban J connectivity index is 2.33. The monoisotopic (exact) mass is 282 g/mol. The summed E-state index contributed by atoms with van der Waals surface area (Å²) in [5, 5.41) is 0. The Labute approximate surface area is 126 Å². The van der Waals surface area contributed by atoms with Crippen LogP contribution in [0.25, 0.3) is 0 Å². The number of hydrogen-bond donors (Lipinski definition) is 1. The predicted molar refractivity (Wildman–Crippen MR) is 87.7 cm³/mol. The van der Waals surface area contributed by atoms with Gasteiger partial charge >= 0.3 is 0 Å². The van der Waals surface area contributed by atoms with E-state index in [0.29, 0.717) is 13.1 Å². The fraction of sp³-hybridized carbons (Fsp3) is 0.278. The normalized spacial score (nSPS) is 10.4. The zero-order valence-electron chi connectivity index (χ0n) is 12.7. The molecule has 2 aromatic carbocycles. The van der Waals surface area contributed by atoms with E-state index in [9.17, 15) is 4.79 Å². The van der Waals surface area contributed by atoms with Crippen LogP contribution < -0.4 is 10.6 Å².